The van der Waals surface area contributed by atoms with Gasteiger partial charge < -0.3 is 9.53 Å². The molecule has 0 saturated heterocycles. The van der Waals surface area contributed by atoms with Crippen molar-refractivity contribution in [2.24, 2.45) is 46.3 Å². The zero-order chi connectivity index (χ0) is 17.7. The van der Waals surface area contributed by atoms with Gasteiger partial charge in [0, 0.05) is 5.41 Å². The summed E-state index contributed by atoms with van der Waals surface area (Å²) in [7, 11) is 0. The lowest BCUT2D eigenvalue weighted by Crippen LogP contribution is -2.61. The Morgan fingerprint density at radius 1 is 0.846 bits per heavy atom. The monoisotopic (exact) mass is 356 g/mol. The highest BCUT2D eigenvalue weighted by Crippen LogP contribution is 2.66. The van der Waals surface area contributed by atoms with E-state index < -0.39 is 0 Å². The van der Waals surface area contributed by atoms with Crippen molar-refractivity contribution in [3.8, 4) is 0 Å². The van der Waals surface area contributed by atoms with Gasteiger partial charge in [0.1, 0.15) is 11.9 Å². The van der Waals surface area contributed by atoms with Gasteiger partial charge in [0.15, 0.2) is 0 Å². The minimum Gasteiger partial charge on any atom is -0.458 e. The normalized spacial score (nSPS) is 58.8. The second-order valence-corrected chi connectivity index (χ2v) is 11.6. The van der Waals surface area contributed by atoms with Crippen LogP contribution in [0.1, 0.15) is 77.6 Å². The highest BCUT2D eigenvalue weighted by Gasteiger charge is 2.64. The van der Waals surface area contributed by atoms with E-state index in [-0.39, 0.29) is 22.4 Å². The predicted octanol–water partition coefficient (Wildman–Crippen LogP) is 4.53. The van der Waals surface area contributed by atoms with E-state index in [9.17, 15) is 9.59 Å². The molecule has 8 aliphatic rings. The number of carbonyl (C=O) groups is 2. The molecule has 0 aromatic carbocycles. The first-order valence-corrected chi connectivity index (χ1v) is 11.1. The van der Waals surface area contributed by atoms with E-state index in [4.69, 9.17) is 4.74 Å². The third-order valence-corrected chi connectivity index (χ3v) is 9.86. The van der Waals surface area contributed by atoms with Gasteiger partial charge >= 0.3 is 5.97 Å². The number of hydrogen-bond donors (Lipinski definition) is 0. The molecule has 0 aromatic rings. The summed E-state index contributed by atoms with van der Waals surface area (Å²) in [5.41, 5.74) is -0.793. The fraction of sp³-hybridized carbons (Fsp3) is 0.913. The average molecular weight is 357 g/mol. The third kappa shape index (κ3) is 2.01. The first kappa shape index (κ1) is 16.1. The van der Waals surface area contributed by atoms with E-state index in [2.05, 4.69) is 6.92 Å². The molecular formula is C23H32O3. The topological polar surface area (TPSA) is 43.4 Å². The van der Waals surface area contributed by atoms with Crippen LogP contribution in [0.15, 0.2) is 0 Å². The zero-order valence-corrected chi connectivity index (χ0v) is 16.0. The van der Waals surface area contributed by atoms with Crippen LogP contribution in [0.25, 0.3) is 0 Å². The SMILES string of the molecule is CC1(OC(=O)C23CC4CC(CC(C=O)(C4)C2)C3)C2CC3CC(C2)CC1C3. The Kier molecular flexibility index (Phi) is 3.07. The first-order chi connectivity index (χ1) is 12.4. The highest BCUT2D eigenvalue weighted by atomic mass is 16.6. The van der Waals surface area contributed by atoms with Gasteiger partial charge in [-0.05, 0) is 113 Å². The van der Waals surface area contributed by atoms with Crippen LogP contribution in [0.2, 0.25) is 0 Å². The molecule has 142 valence electrons. The number of carbonyl (C=O) groups excluding carboxylic acids is 2. The van der Waals surface area contributed by atoms with Crippen molar-refractivity contribution in [2.75, 3.05) is 0 Å². The summed E-state index contributed by atoms with van der Waals surface area (Å²) < 4.78 is 6.53. The Balaban J connectivity index is 1.29. The molecule has 0 spiro atoms. The second-order valence-electron chi connectivity index (χ2n) is 11.6. The van der Waals surface area contributed by atoms with Crippen molar-refractivity contribution in [3.63, 3.8) is 0 Å². The van der Waals surface area contributed by atoms with Crippen LogP contribution in [-0.4, -0.2) is 17.9 Å². The molecule has 0 heterocycles. The molecule has 8 aliphatic carbocycles. The van der Waals surface area contributed by atoms with Crippen LogP contribution in [0.5, 0.6) is 0 Å². The van der Waals surface area contributed by atoms with Gasteiger partial charge in [0.25, 0.3) is 0 Å². The summed E-state index contributed by atoms with van der Waals surface area (Å²) in [4.78, 5) is 25.5. The van der Waals surface area contributed by atoms with Gasteiger partial charge in [-0.3, -0.25) is 4.79 Å². The number of ether oxygens (including phenoxy) is 1. The minimum atomic E-state index is -0.345. The van der Waals surface area contributed by atoms with Gasteiger partial charge in [-0.2, -0.15) is 0 Å². The fourth-order valence-electron chi connectivity index (χ4n) is 9.30. The maximum absolute atomic E-state index is 13.6. The van der Waals surface area contributed by atoms with E-state index in [1.807, 2.05) is 0 Å². The molecule has 2 atom stereocenters. The van der Waals surface area contributed by atoms with Gasteiger partial charge in [-0.15, -0.1) is 0 Å². The number of esters is 1. The number of rotatable bonds is 3. The molecule has 0 amide bonds. The average Bonchev–Trinajstić information content (AvgIpc) is 2.58. The third-order valence-electron chi connectivity index (χ3n) is 9.86. The van der Waals surface area contributed by atoms with Crippen molar-refractivity contribution in [1.82, 2.24) is 0 Å². The van der Waals surface area contributed by atoms with Crippen molar-refractivity contribution in [1.29, 1.82) is 0 Å². The smallest absolute Gasteiger partial charge is 0.312 e. The number of hydrogen-bond acceptors (Lipinski definition) is 3. The standard InChI is InChI=1S/C23H32O3/c1-21(18-4-14-2-15(6-18)7-19(21)5-14)26-20(25)23-10-16-3-17(11-23)9-22(8-16,12-23)13-24/h13-19H,2-12H2,1H3. The van der Waals surface area contributed by atoms with Crippen molar-refractivity contribution < 1.29 is 14.3 Å². The van der Waals surface area contributed by atoms with Gasteiger partial charge in [-0.1, -0.05) is 0 Å². The van der Waals surface area contributed by atoms with E-state index in [1.54, 1.807) is 0 Å². The summed E-state index contributed by atoms with van der Waals surface area (Å²) in [6.45, 7) is 2.26. The maximum atomic E-state index is 13.6. The molecule has 0 radical (unpaired) electrons. The van der Waals surface area contributed by atoms with Crippen LogP contribution in [0.3, 0.4) is 0 Å². The predicted molar refractivity (Wildman–Crippen MR) is 97.2 cm³/mol. The molecule has 26 heavy (non-hydrogen) atoms. The van der Waals surface area contributed by atoms with Gasteiger partial charge in [0.2, 0.25) is 0 Å². The summed E-state index contributed by atoms with van der Waals surface area (Å²) in [6.07, 6.45) is 13.7. The van der Waals surface area contributed by atoms with E-state index >= 15 is 0 Å². The van der Waals surface area contributed by atoms with Crippen molar-refractivity contribution in [3.05, 3.63) is 0 Å². The largest absolute Gasteiger partial charge is 0.458 e. The molecule has 0 N–H and O–H groups in total. The summed E-state index contributed by atoms with van der Waals surface area (Å²) in [5.74, 6) is 4.16. The van der Waals surface area contributed by atoms with Gasteiger partial charge in [0.05, 0.1) is 5.41 Å². The Morgan fingerprint density at radius 3 is 1.92 bits per heavy atom. The maximum Gasteiger partial charge on any atom is 0.312 e. The molecule has 3 heteroatoms. The molecule has 2 unspecified atom stereocenters. The lowest BCUT2D eigenvalue weighted by atomic mass is 9.44. The van der Waals surface area contributed by atoms with Crippen molar-refractivity contribution >= 4 is 12.3 Å². The Bertz CT molecular complexity index is 622. The Morgan fingerprint density at radius 2 is 1.38 bits per heavy atom. The molecular weight excluding hydrogens is 324 g/mol. The molecule has 0 aromatic heterocycles. The second kappa shape index (κ2) is 4.94. The van der Waals surface area contributed by atoms with Crippen LogP contribution in [0, 0.1) is 46.3 Å². The minimum absolute atomic E-state index is 0.0767. The molecule has 8 saturated carbocycles. The van der Waals surface area contributed by atoms with Gasteiger partial charge in [-0.25, -0.2) is 0 Å². The van der Waals surface area contributed by atoms with E-state index in [1.165, 1.54) is 44.8 Å². The summed E-state index contributed by atoms with van der Waals surface area (Å²) in [5, 5.41) is 0. The van der Waals surface area contributed by atoms with E-state index in [0.717, 1.165) is 43.9 Å². The molecule has 0 aliphatic heterocycles. The highest BCUT2D eigenvalue weighted by molar-refractivity contribution is 5.79. The van der Waals surface area contributed by atoms with Crippen LogP contribution >= 0.6 is 0 Å². The van der Waals surface area contributed by atoms with Crippen LogP contribution < -0.4 is 0 Å². The lowest BCUT2D eigenvalue weighted by molar-refractivity contribution is -0.224. The molecule has 8 fully saturated rings. The Labute approximate surface area is 156 Å². The summed E-state index contributed by atoms with van der Waals surface area (Å²) in [6, 6.07) is 0. The zero-order valence-electron chi connectivity index (χ0n) is 16.0. The fourth-order valence-corrected chi connectivity index (χ4v) is 9.30. The summed E-state index contributed by atoms with van der Waals surface area (Å²) >= 11 is 0. The molecule has 3 nitrogen and oxygen atoms in total. The quantitative estimate of drug-likeness (QED) is 0.551. The first-order valence-electron chi connectivity index (χ1n) is 11.1. The van der Waals surface area contributed by atoms with E-state index in [0.29, 0.717) is 23.7 Å². The van der Waals surface area contributed by atoms with Crippen LogP contribution in [0.4, 0.5) is 0 Å². The Hall–Kier alpha value is -0.860. The lowest BCUT2D eigenvalue weighted by Gasteiger charge is -2.62. The van der Waals surface area contributed by atoms with Crippen molar-refractivity contribution in [2.45, 2.75) is 83.2 Å². The molecule has 8 rings (SSSR count). The molecule has 8 bridgehead atoms. The number of aldehydes is 1. The van der Waals surface area contributed by atoms with Crippen LogP contribution in [-0.2, 0) is 14.3 Å².